The average molecular weight is 326 g/mol. The SMILES string of the molecule is CC1CCCN(C(=O)c2cc3nc(-c4ccco4)nn3c(N)n2)C1. The molecule has 4 heterocycles. The summed E-state index contributed by atoms with van der Waals surface area (Å²) in [5.41, 5.74) is 6.74. The first kappa shape index (κ1) is 14.7. The predicted octanol–water partition coefficient (Wildman–Crippen LogP) is 1.84. The van der Waals surface area contributed by atoms with Gasteiger partial charge in [-0.25, -0.2) is 9.97 Å². The number of aromatic nitrogens is 4. The number of piperidine rings is 1. The van der Waals surface area contributed by atoms with E-state index in [1.807, 2.05) is 4.90 Å². The Bertz CT molecular complexity index is 885. The number of furan rings is 1. The number of nitrogens with zero attached hydrogens (tertiary/aromatic N) is 5. The second-order valence-corrected chi connectivity index (χ2v) is 6.18. The largest absolute Gasteiger partial charge is 0.461 e. The van der Waals surface area contributed by atoms with Gasteiger partial charge in [0.2, 0.25) is 11.8 Å². The van der Waals surface area contributed by atoms with Crippen LogP contribution in [0.3, 0.4) is 0 Å². The summed E-state index contributed by atoms with van der Waals surface area (Å²) >= 11 is 0. The lowest BCUT2D eigenvalue weighted by atomic mass is 10.00. The van der Waals surface area contributed by atoms with Gasteiger partial charge in [0.05, 0.1) is 6.26 Å². The summed E-state index contributed by atoms with van der Waals surface area (Å²) in [7, 11) is 0. The summed E-state index contributed by atoms with van der Waals surface area (Å²) in [5.74, 6) is 1.47. The van der Waals surface area contributed by atoms with Crippen LogP contribution in [0.25, 0.3) is 17.2 Å². The molecule has 1 fully saturated rings. The van der Waals surface area contributed by atoms with Crippen molar-refractivity contribution in [2.24, 2.45) is 5.92 Å². The number of fused-ring (bicyclic) bond motifs is 1. The van der Waals surface area contributed by atoms with Crippen LogP contribution < -0.4 is 5.73 Å². The van der Waals surface area contributed by atoms with E-state index in [9.17, 15) is 4.79 Å². The Morgan fingerprint density at radius 2 is 2.29 bits per heavy atom. The molecule has 0 saturated carbocycles. The minimum absolute atomic E-state index is 0.113. The monoisotopic (exact) mass is 326 g/mol. The third-order valence-electron chi connectivity index (χ3n) is 4.25. The second kappa shape index (κ2) is 5.63. The number of carbonyl (C=O) groups excluding carboxylic acids is 1. The Balaban J connectivity index is 1.70. The molecule has 0 aromatic carbocycles. The van der Waals surface area contributed by atoms with Crippen LogP contribution in [-0.2, 0) is 0 Å². The number of nitrogens with two attached hydrogens (primary N) is 1. The number of nitrogen functional groups attached to an aromatic ring is 1. The van der Waals surface area contributed by atoms with E-state index >= 15 is 0 Å². The molecule has 0 spiro atoms. The lowest BCUT2D eigenvalue weighted by molar-refractivity contribution is 0.0677. The summed E-state index contributed by atoms with van der Waals surface area (Å²) in [6.07, 6.45) is 3.71. The molecule has 8 heteroatoms. The van der Waals surface area contributed by atoms with E-state index in [1.165, 1.54) is 4.52 Å². The average Bonchev–Trinajstić information content (AvgIpc) is 3.23. The van der Waals surface area contributed by atoms with Crippen molar-refractivity contribution in [1.82, 2.24) is 24.5 Å². The minimum atomic E-state index is -0.113. The van der Waals surface area contributed by atoms with Crippen LogP contribution in [0.5, 0.6) is 0 Å². The van der Waals surface area contributed by atoms with Gasteiger partial charge in [-0.2, -0.15) is 4.52 Å². The molecule has 4 rings (SSSR count). The van der Waals surface area contributed by atoms with Crippen LogP contribution in [-0.4, -0.2) is 43.5 Å². The van der Waals surface area contributed by atoms with Crippen LogP contribution in [0.1, 0.15) is 30.3 Å². The first-order valence-corrected chi connectivity index (χ1v) is 7.98. The number of hydrogen-bond donors (Lipinski definition) is 1. The molecular formula is C16H18N6O2. The zero-order chi connectivity index (χ0) is 16.7. The summed E-state index contributed by atoms with van der Waals surface area (Å²) in [6, 6.07) is 5.14. The van der Waals surface area contributed by atoms with Crippen molar-refractivity contribution in [3.8, 4) is 11.6 Å². The van der Waals surface area contributed by atoms with Crippen molar-refractivity contribution in [3.05, 3.63) is 30.2 Å². The molecular weight excluding hydrogens is 308 g/mol. The Labute approximate surface area is 138 Å². The van der Waals surface area contributed by atoms with E-state index in [1.54, 1.807) is 24.5 Å². The number of amides is 1. The van der Waals surface area contributed by atoms with Gasteiger partial charge in [0, 0.05) is 19.2 Å². The highest BCUT2D eigenvalue weighted by Gasteiger charge is 2.24. The maximum Gasteiger partial charge on any atom is 0.272 e. The third-order valence-corrected chi connectivity index (χ3v) is 4.25. The quantitative estimate of drug-likeness (QED) is 0.771. The molecule has 124 valence electrons. The lowest BCUT2D eigenvalue weighted by Gasteiger charge is -2.30. The molecule has 0 radical (unpaired) electrons. The van der Waals surface area contributed by atoms with Gasteiger partial charge in [0.15, 0.2) is 11.4 Å². The number of carbonyl (C=O) groups is 1. The van der Waals surface area contributed by atoms with Crippen molar-refractivity contribution >= 4 is 17.5 Å². The van der Waals surface area contributed by atoms with Crippen LogP contribution in [0, 0.1) is 5.92 Å². The molecule has 1 aliphatic heterocycles. The number of hydrogen-bond acceptors (Lipinski definition) is 6. The van der Waals surface area contributed by atoms with E-state index in [0.29, 0.717) is 28.8 Å². The standard InChI is InChI=1S/C16H18N6O2/c1-10-4-2-6-21(9-10)15(23)11-8-13-19-14(12-5-3-7-24-12)20-22(13)16(17)18-11/h3,5,7-8,10H,2,4,6,9H2,1H3,(H2,17,18). The Morgan fingerprint density at radius 1 is 1.42 bits per heavy atom. The zero-order valence-corrected chi connectivity index (χ0v) is 13.3. The zero-order valence-electron chi connectivity index (χ0n) is 13.3. The molecule has 1 saturated heterocycles. The first-order valence-electron chi connectivity index (χ1n) is 7.98. The third kappa shape index (κ3) is 2.49. The second-order valence-electron chi connectivity index (χ2n) is 6.18. The van der Waals surface area contributed by atoms with Gasteiger partial charge in [0.25, 0.3) is 5.91 Å². The maximum absolute atomic E-state index is 12.7. The van der Waals surface area contributed by atoms with Gasteiger partial charge in [0.1, 0.15) is 5.69 Å². The van der Waals surface area contributed by atoms with Gasteiger partial charge in [-0.1, -0.05) is 6.92 Å². The van der Waals surface area contributed by atoms with Crippen molar-refractivity contribution in [2.45, 2.75) is 19.8 Å². The van der Waals surface area contributed by atoms with Crippen LogP contribution in [0.2, 0.25) is 0 Å². The fourth-order valence-electron chi connectivity index (χ4n) is 3.07. The molecule has 3 aromatic heterocycles. The normalized spacial score (nSPS) is 18.2. The molecule has 1 amide bonds. The molecule has 2 N–H and O–H groups in total. The summed E-state index contributed by atoms with van der Waals surface area (Å²) < 4.78 is 6.71. The number of likely N-dealkylation sites (tertiary alicyclic amines) is 1. The van der Waals surface area contributed by atoms with Crippen LogP contribution in [0.4, 0.5) is 5.95 Å². The Morgan fingerprint density at radius 3 is 3.04 bits per heavy atom. The molecule has 1 aliphatic rings. The molecule has 3 aromatic rings. The smallest absolute Gasteiger partial charge is 0.272 e. The van der Waals surface area contributed by atoms with E-state index in [2.05, 4.69) is 22.0 Å². The fraction of sp³-hybridized carbons (Fsp3) is 0.375. The molecule has 24 heavy (non-hydrogen) atoms. The summed E-state index contributed by atoms with van der Waals surface area (Å²) in [6.45, 7) is 3.65. The van der Waals surface area contributed by atoms with Crippen LogP contribution in [0.15, 0.2) is 28.9 Å². The fourth-order valence-corrected chi connectivity index (χ4v) is 3.07. The Kier molecular flexibility index (Phi) is 3.44. The van der Waals surface area contributed by atoms with Crippen molar-refractivity contribution in [1.29, 1.82) is 0 Å². The van der Waals surface area contributed by atoms with Crippen LogP contribution >= 0.6 is 0 Å². The molecule has 0 aliphatic carbocycles. The molecule has 1 atom stereocenters. The van der Waals surface area contributed by atoms with E-state index in [4.69, 9.17) is 10.2 Å². The summed E-state index contributed by atoms with van der Waals surface area (Å²) in [4.78, 5) is 23.1. The first-order chi connectivity index (χ1) is 11.6. The van der Waals surface area contributed by atoms with Gasteiger partial charge in [-0.05, 0) is 30.9 Å². The maximum atomic E-state index is 12.7. The molecule has 1 unspecified atom stereocenters. The van der Waals surface area contributed by atoms with E-state index < -0.39 is 0 Å². The van der Waals surface area contributed by atoms with Gasteiger partial charge in [-0.15, -0.1) is 5.10 Å². The molecule has 8 nitrogen and oxygen atoms in total. The highest BCUT2D eigenvalue weighted by molar-refractivity contribution is 5.93. The Hall–Kier alpha value is -2.90. The summed E-state index contributed by atoms with van der Waals surface area (Å²) in [5, 5.41) is 4.28. The van der Waals surface area contributed by atoms with Gasteiger partial charge < -0.3 is 15.1 Å². The topological polar surface area (TPSA) is 103 Å². The van der Waals surface area contributed by atoms with Gasteiger partial charge in [-0.3, -0.25) is 4.79 Å². The minimum Gasteiger partial charge on any atom is -0.461 e. The van der Waals surface area contributed by atoms with Crippen molar-refractivity contribution < 1.29 is 9.21 Å². The number of rotatable bonds is 2. The van der Waals surface area contributed by atoms with Crippen molar-refractivity contribution in [3.63, 3.8) is 0 Å². The highest BCUT2D eigenvalue weighted by atomic mass is 16.3. The molecule has 0 bridgehead atoms. The highest BCUT2D eigenvalue weighted by Crippen LogP contribution is 2.20. The number of anilines is 1. The van der Waals surface area contributed by atoms with Gasteiger partial charge >= 0.3 is 0 Å². The van der Waals surface area contributed by atoms with E-state index in [-0.39, 0.29) is 11.9 Å². The van der Waals surface area contributed by atoms with E-state index in [0.717, 1.165) is 25.9 Å². The van der Waals surface area contributed by atoms with Crippen molar-refractivity contribution in [2.75, 3.05) is 18.8 Å². The predicted molar refractivity (Wildman–Crippen MR) is 87.2 cm³/mol. The lowest BCUT2D eigenvalue weighted by Crippen LogP contribution is -2.39.